The third kappa shape index (κ3) is 4.26. The van der Waals surface area contributed by atoms with Gasteiger partial charge in [0.2, 0.25) is 0 Å². The summed E-state index contributed by atoms with van der Waals surface area (Å²) in [4.78, 5) is 36.8. The van der Waals surface area contributed by atoms with Gasteiger partial charge in [-0.25, -0.2) is 9.18 Å². The van der Waals surface area contributed by atoms with Gasteiger partial charge in [0, 0.05) is 11.1 Å². The Kier molecular flexibility index (Phi) is 6.38. The average molecular weight is 511 g/mol. The minimum absolute atomic E-state index is 0.0293. The summed E-state index contributed by atoms with van der Waals surface area (Å²) in [6, 6.07) is 24.0. The first kappa shape index (κ1) is 24.7. The van der Waals surface area contributed by atoms with Crippen LogP contribution in [0.1, 0.15) is 33.2 Å². The highest BCUT2D eigenvalue weighted by atomic mass is 19.1. The molecular formula is C30H23FN2O5. The summed E-state index contributed by atoms with van der Waals surface area (Å²) in [7, 11) is 0. The Hall–Kier alpha value is -4.98. The predicted octanol–water partition coefficient (Wildman–Crippen LogP) is 5.01. The predicted molar refractivity (Wildman–Crippen MR) is 141 cm³/mol. The topological polar surface area (TPSA) is 112 Å². The van der Waals surface area contributed by atoms with Crippen LogP contribution >= 0.6 is 0 Å². The third-order valence-electron chi connectivity index (χ3n) is 6.56. The molecule has 8 heteroatoms. The first-order chi connectivity index (χ1) is 18.3. The van der Waals surface area contributed by atoms with Crippen LogP contribution in [0.25, 0.3) is 21.7 Å². The molecule has 5 rings (SSSR count). The van der Waals surface area contributed by atoms with E-state index in [2.05, 4.69) is 0 Å². The van der Waals surface area contributed by atoms with Gasteiger partial charge in [-0.1, -0.05) is 66.7 Å². The van der Waals surface area contributed by atoms with Crippen LogP contribution in [0, 0.1) is 12.7 Å². The maximum Gasteiger partial charge on any atom is 0.341 e. The van der Waals surface area contributed by atoms with E-state index in [1.165, 1.54) is 12.1 Å². The van der Waals surface area contributed by atoms with Gasteiger partial charge >= 0.3 is 5.97 Å². The molecule has 0 saturated carbocycles. The minimum Gasteiger partial charge on any atom is -0.481 e. The number of rotatable bonds is 8. The third-order valence-corrected chi connectivity index (χ3v) is 6.56. The van der Waals surface area contributed by atoms with Gasteiger partial charge in [-0.3, -0.25) is 9.59 Å². The minimum atomic E-state index is -1.20. The Balaban J connectivity index is 1.97. The second kappa shape index (κ2) is 9.82. The van der Waals surface area contributed by atoms with Gasteiger partial charge in [-0.2, -0.15) is 0 Å². The highest BCUT2D eigenvalue weighted by Gasteiger charge is 2.31. The van der Waals surface area contributed by atoms with E-state index in [0.29, 0.717) is 11.2 Å². The number of hydrogen-bond donors (Lipinski definition) is 2. The largest absolute Gasteiger partial charge is 0.481 e. The highest BCUT2D eigenvalue weighted by Crippen LogP contribution is 2.43. The number of ether oxygens (including phenoxy) is 1. The number of aromatic nitrogens is 1. The van der Waals surface area contributed by atoms with Gasteiger partial charge < -0.3 is 20.1 Å². The number of hydrogen-bond acceptors (Lipinski definition) is 4. The van der Waals surface area contributed by atoms with Crippen molar-refractivity contribution in [1.82, 2.24) is 4.57 Å². The van der Waals surface area contributed by atoms with Crippen LogP contribution < -0.4 is 10.5 Å². The van der Waals surface area contributed by atoms with Crippen molar-refractivity contribution in [3.63, 3.8) is 0 Å². The molecule has 4 aromatic carbocycles. The lowest BCUT2D eigenvalue weighted by Gasteiger charge is -2.24. The Morgan fingerprint density at radius 1 is 0.947 bits per heavy atom. The number of fused-ring (bicyclic) bond motifs is 3. The number of amides is 1. The number of halogens is 1. The average Bonchev–Trinajstić information content (AvgIpc) is 3.21. The van der Waals surface area contributed by atoms with Crippen molar-refractivity contribution < 1.29 is 28.6 Å². The van der Waals surface area contributed by atoms with Crippen molar-refractivity contribution in [2.45, 2.75) is 13.0 Å². The van der Waals surface area contributed by atoms with E-state index >= 15 is 0 Å². The van der Waals surface area contributed by atoms with E-state index in [9.17, 15) is 23.9 Å². The molecule has 0 radical (unpaired) electrons. The number of benzene rings is 4. The molecule has 0 aliphatic carbocycles. The number of aliphatic carboxylic acids is 1. The van der Waals surface area contributed by atoms with Crippen molar-refractivity contribution >= 4 is 39.3 Å². The lowest BCUT2D eigenvalue weighted by Crippen LogP contribution is -2.24. The number of Topliss-reactive ketones (excluding diaryl/α,β-unsaturated/α-hetero) is 1. The zero-order valence-electron chi connectivity index (χ0n) is 20.4. The van der Waals surface area contributed by atoms with E-state index in [4.69, 9.17) is 10.5 Å². The van der Waals surface area contributed by atoms with E-state index in [1.807, 2.05) is 59.2 Å². The zero-order valence-corrected chi connectivity index (χ0v) is 20.4. The maximum absolute atomic E-state index is 13.9. The standard InChI is InChI=1S/C30H23FN2O5/c1-17-25(29(36)30(32)37)26-23(38-16-24(34)35)15-20-9-5-6-10-22(20)28(26)33(17)27(18-7-3-2-4-8-18)19-11-13-21(31)14-12-19/h2-15,27H,16H2,1H3,(H2,32,37)(H,34,35). The summed E-state index contributed by atoms with van der Waals surface area (Å²) in [5, 5.41) is 11.1. The van der Waals surface area contributed by atoms with Gasteiger partial charge in [-0.15, -0.1) is 0 Å². The molecule has 0 bridgehead atoms. The fraction of sp³-hybridized carbons (Fsp3) is 0.100. The number of carbonyl (C=O) groups excluding carboxylic acids is 2. The Morgan fingerprint density at radius 2 is 1.58 bits per heavy atom. The number of carbonyl (C=O) groups is 3. The fourth-order valence-corrected chi connectivity index (χ4v) is 5.01. The fourth-order valence-electron chi connectivity index (χ4n) is 5.01. The summed E-state index contributed by atoms with van der Waals surface area (Å²) >= 11 is 0. The van der Waals surface area contributed by atoms with E-state index in [-0.39, 0.29) is 16.7 Å². The van der Waals surface area contributed by atoms with E-state index in [0.717, 1.165) is 21.9 Å². The van der Waals surface area contributed by atoms with Crippen molar-refractivity contribution in [3.8, 4) is 5.75 Å². The zero-order chi connectivity index (χ0) is 27.0. The molecule has 0 aliphatic heterocycles. The first-order valence-electron chi connectivity index (χ1n) is 11.8. The van der Waals surface area contributed by atoms with Crippen LogP contribution in [0.15, 0.2) is 84.9 Å². The SMILES string of the molecule is Cc1c(C(=O)C(N)=O)c2c(OCC(=O)O)cc3ccccc3c2n1C(c1ccccc1)c1ccc(F)cc1. The molecule has 1 aromatic heterocycles. The molecule has 3 N–H and O–H groups in total. The molecule has 38 heavy (non-hydrogen) atoms. The summed E-state index contributed by atoms with van der Waals surface area (Å²) in [6.07, 6.45) is 0. The van der Waals surface area contributed by atoms with Crippen molar-refractivity contribution in [1.29, 1.82) is 0 Å². The molecule has 1 unspecified atom stereocenters. The second-order valence-corrected chi connectivity index (χ2v) is 8.89. The maximum atomic E-state index is 13.9. The summed E-state index contributed by atoms with van der Waals surface area (Å²) in [6.45, 7) is 1.05. The molecule has 5 aromatic rings. The Bertz CT molecular complexity index is 1710. The molecule has 0 saturated heterocycles. The molecule has 1 heterocycles. The molecule has 1 atom stereocenters. The van der Waals surface area contributed by atoms with Crippen LogP contribution in [0.4, 0.5) is 4.39 Å². The van der Waals surface area contributed by atoms with Crippen LogP contribution in [0.2, 0.25) is 0 Å². The molecule has 0 fully saturated rings. The Labute approximate surface area is 216 Å². The van der Waals surface area contributed by atoms with Gasteiger partial charge in [0.15, 0.2) is 6.61 Å². The van der Waals surface area contributed by atoms with Crippen LogP contribution in [0.3, 0.4) is 0 Å². The smallest absolute Gasteiger partial charge is 0.341 e. The highest BCUT2D eigenvalue weighted by molar-refractivity contribution is 6.45. The van der Waals surface area contributed by atoms with Gasteiger partial charge in [0.1, 0.15) is 11.6 Å². The van der Waals surface area contributed by atoms with Gasteiger partial charge in [0.05, 0.1) is 22.5 Å². The van der Waals surface area contributed by atoms with Crippen LogP contribution in [-0.2, 0) is 9.59 Å². The van der Waals surface area contributed by atoms with E-state index in [1.54, 1.807) is 25.1 Å². The van der Waals surface area contributed by atoms with E-state index < -0.39 is 36.1 Å². The van der Waals surface area contributed by atoms with Crippen molar-refractivity contribution in [3.05, 3.63) is 113 Å². The molecule has 1 amide bonds. The van der Waals surface area contributed by atoms with Gasteiger partial charge in [0.25, 0.3) is 11.7 Å². The summed E-state index contributed by atoms with van der Waals surface area (Å²) in [5.74, 6) is -3.53. The molecular weight excluding hydrogens is 487 g/mol. The van der Waals surface area contributed by atoms with Crippen LogP contribution in [0.5, 0.6) is 5.75 Å². The summed E-state index contributed by atoms with van der Waals surface area (Å²) < 4.78 is 21.5. The number of ketones is 1. The molecule has 190 valence electrons. The lowest BCUT2D eigenvalue weighted by molar-refractivity contribution is -0.139. The number of nitrogens with two attached hydrogens (primary N) is 1. The monoisotopic (exact) mass is 510 g/mol. The quantitative estimate of drug-likeness (QED) is 0.225. The second-order valence-electron chi connectivity index (χ2n) is 8.89. The van der Waals surface area contributed by atoms with Crippen molar-refractivity contribution in [2.24, 2.45) is 5.73 Å². The number of carboxylic acids is 1. The van der Waals surface area contributed by atoms with Gasteiger partial charge in [-0.05, 0) is 41.6 Å². The summed E-state index contributed by atoms with van der Waals surface area (Å²) in [5.41, 5.74) is 8.06. The van der Waals surface area contributed by atoms with Crippen LogP contribution in [-0.4, -0.2) is 33.9 Å². The number of nitrogens with zero attached hydrogens (tertiary/aromatic N) is 1. The normalized spacial score (nSPS) is 11.9. The first-order valence-corrected chi connectivity index (χ1v) is 11.8. The number of carboxylic acid groups (broad SMARTS) is 1. The lowest BCUT2D eigenvalue weighted by atomic mass is 9.97. The molecule has 0 spiro atoms. The molecule has 7 nitrogen and oxygen atoms in total. The van der Waals surface area contributed by atoms with Crippen molar-refractivity contribution in [2.75, 3.05) is 6.61 Å². The molecule has 0 aliphatic rings. The number of primary amides is 1. The Morgan fingerprint density at radius 3 is 2.24 bits per heavy atom.